The fourth-order valence-corrected chi connectivity index (χ4v) is 3.32. The quantitative estimate of drug-likeness (QED) is 0.623. The molecule has 0 aliphatic carbocycles. The Morgan fingerprint density at radius 1 is 1.29 bits per heavy atom. The number of hydrogen-bond donors (Lipinski definition) is 3. The summed E-state index contributed by atoms with van der Waals surface area (Å²) in [7, 11) is 0. The zero-order valence-corrected chi connectivity index (χ0v) is 15.2. The number of hydrogen-bond acceptors (Lipinski definition) is 4. The van der Waals surface area contributed by atoms with E-state index in [1.165, 1.54) is 0 Å². The lowest BCUT2D eigenvalue weighted by Crippen LogP contribution is -2.42. The van der Waals surface area contributed by atoms with Crippen LogP contribution in [0.15, 0.2) is 28.7 Å². The first kappa shape index (κ1) is 18.9. The summed E-state index contributed by atoms with van der Waals surface area (Å²) < 4.78 is 0.800. The third-order valence-corrected chi connectivity index (χ3v) is 4.83. The van der Waals surface area contributed by atoms with Crippen LogP contribution in [0.4, 0.5) is 5.69 Å². The van der Waals surface area contributed by atoms with Gasteiger partial charge in [-0.3, -0.25) is 14.5 Å². The molecule has 1 heterocycles. The summed E-state index contributed by atoms with van der Waals surface area (Å²) in [6.07, 6.45) is 3.81. The van der Waals surface area contributed by atoms with Crippen LogP contribution in [0.25, 0.3) is 0 Å². The van der Waals surface area contributed by atoms with E-state index in [0.717, 1.165) is 36.7 Å². The first-order chi connectivity index (χ1) is 11.6. The molecule has 3 N–H and O–H groups in total. The molecule has 0 spiro atoms. The molecule has 0 bridgehead atoms. The average molecular weight is 398 g/mol. The van der Waals surface area contributed by atoms with Gasteiger partial charge in [-0.25, -0.2) is 0 Å². The lowest BCUT2D eigenvalue weighted by atomic mass is 10.1. The van der Waals surface area contributed by atoms with Crippen molar-refractivity contribution in [2.45, 2.75) is 31.7 Å². The Morgan fingerprint density at radius 3 is 2.83 bits per heavy atom. The lowest BCUT2D eigenvalue weighted by molar-refractivity contribution is -0.125. The Morgan fingerprint density at radius 2 is 2.08 bits per heavy atom. The Labute approximate surface area is 150 Å². The number of likely N-dealkylation sites (tertiary alicyclic amines) is 1. The third kappa shape index (κ3) is 5.89. The van der Waals surface area contributed by atoms with Crippen molar-refractivity contribution in [1.29, 1.82) is 0 Å². The normalized spacial score (nSPS) is 17.7. The lowest BCUT2D eigenvalue weighted by Gasteiger charge is -2.23. The molecule has 1 saturated heterocycles. The van der Waals surface area contributed by atoms with E-state index in [1.54, 1.807) is 6.07 Å². The number of amides is 2. The predicted molar refractivity (Wildman–Crippen MR) is 96.7 cm³/mol. The summed E-state index contributed by atoms with van der Waals surface area (Å²) in [4.78, 5) is 26.1. The van der Waals surface area contributed by atoms with Crippen molar-refractivity contribution in [3.05, 3.63) is 28.7 Å². The Kier molecular flexibility index (Phi) is 7.68. The number of aliphatic hydroxyl groups is 1. The second-order valence-corrected chi connectivity index (χ2v) is 6.79. The fraction of sp³-hybridized carbons (Fsp3) is 0.529. The molecule has 1 unspecified atom stereocenters. The smallest absolute Gasteiger partial charge is 0.243 e. The van der Waals surface area contributed by atoms with Crippen LogP contribution in [0.5, 0.6) is 0 Å². The van der Waals surface area contributed by atoms with Crippen molar-refractivity contribution in [1.82, 2.24) is 10.2 Å². The Balaban J connectivity index is 1.72. The minimum absolute atomic E-state index is 0.0463. The minimum atomic E-state index is -0.256. The molecule has 1 aromatic rings. The van der Waals surface area contributed by atoms with E-state index < -0.39 is 0 Å². The van der Waals surface area contributed by atoms with E-state index in [2.05, 4.69) is 31.5 Å². The number of carbonyl (C=O) groups is 2. The maximum Gasteiger partial charge on any atom is 0.243 e. The molecule has 1 fully saturated rings. The number of benzene rings is 1. The SMILES string of the molecule is O=C(CN1CCCC1CCCO)NCC(=O)Nc1ccccc1Br. The second-order valence-electron chi connectivity index (χ2n) is 5.94. The highest BCUT2D eigenvalue weighted by Crippen LogP contribution is 2.21. The molecule has 1 atom stereocenters. The van der Waals surface area contributed by atoms with Crippen molar-refractivity contribution in [3.63, 3.8) is 0 Å². The molecule has 7 heteroatoms. The van der Waals surface area contributed by atoms with Gasteiger partial charge in [0.1, 0.15) is 0 Å². The van der Waals surface area contributed by atoms with Crippen molar-refractivity contribution >= 4 is 33.4 Å². The maximum atomic E-state index is 12.1. The van der Waals surface area contributed by atoms with E-state index in [9.17, 15) is 9.59 Å². The summed E-state index contributed by atoms with van der Waals surface area (Å²) in [6, 6.07) is 7.69. The van der Waals surface area contributed by atoms with Gasteiger partial charge in [0, 0.05) is 17.1 Å². The van der Waals surface area contributed by atoms with Crippen molar-refractivity contribution in [2.24, 2.45) is 0 Å². The predicted octanol–water partition coefficient (Wildman–Crippen LogP) is 1.74. The zero-order chi connectivity index (χ0) is 17.4. The van der Waals surface area contributed by atoms with E-state index in [1.807, 2.05) is 18.2 Å². The summed E-state index contributed by atoms with van der Waals surface area (Å²) in [5, 5.41) is 14.4. The molecule has 1 aromatic carbocycles. The number of nitrogens with one attached hydrogen (secondary N) is 2. The average Bonchev–Trinajstić information content (AvgIpc) is 3.00. The molecular formula is C17H24BrN3O3. The second kappa shape index (κ2) is 9.76. The first-order valence-corrected chi connectivity index (χ1v) is 9.05. The number of anilines is 1. The standard InChI is InChI=1S/C17H24BrN3O3/c18-14-7-1-2-8-15(14)20-16(23)11-19-17(24)12-21-9-3-5-13(21)6-4-10-22/h1-2,7-8,13,22H,3-6,9-12H2,(H,19,24)(H,20,23). The van der Waals surface area contributed by atoms with Gasteiger partial charge in [0.2, 0.25) is 11.8 Å². The number of nitrogens with zero attached hydrogens (tertiary/aromatic N) is 1. The van der Waals surface area contributed by atoms with Gasteiger partial charge in [-0.2, -0.15) is 0 Å². The van der Waals surface area contributed by atoms with Gasteiger partial charge in [-0.1, -0.05) is 12.1 Å². The number of para-hydroxylation sites is 1. The van der Waals surface area contributed by atoms with E-state index in [-0.39, 0.29) is 25.0 Å². The van der Waals surface area contributed by atoms with Crippen LogP contribution in [-0.4, -0.2) is 54.1 Å². The molecule has 0 radical (unpaired) electrons. The van der Waals surface area contributed by atoms with Gasteiger partial charge in [0.05, 0.1) is 18.8 Å². The monoisotopic (exact) mass is 397 g/mol. The van der Waals surface area contributed by atoms with Gasteiger partial charge >= 0.3 is 0 Å². The van der Waals surface area contributed by atoms with Crippen LogP contribution in [0, 0.1) is 0 Å². The van der Waals surface area contributed by atoms with Crippen molar-refractivity contribution < 1.29 is 14.7 Å². The van der Waals surface area contributed by atoms with Gasteiger partial charge in [-0.05, 0) is 60.3 Å². The summed E-state index contributed by atoms with van der Waals surface area (Å²) in [5.41, 5.74) is 0.681. The van der Waals surface area contributed by atoms with Crippen LogP contribution < -0.4 is 10.6 Å². The van der Waals surface area contributed by atoms with E-state index >= 15 is 0 Å². The molecule has 2 amide bonds. The molecule has 1 aliphatic heterocycles. The highest BCUT2D eigenvalue weighted by molar-refractivity contribution is 9.10. The van der Waals surface area contributed by atoms with Crippen LogP contribution >= 0.6 is 15.9 Å². The summed E-state index contributed by atoms with van der Waals surface area (Å²) in [5.74, 6) is -0.401. The van der Waals surface area contributed by atoms with Crippen molar-refractivity contribution in [3.8, 4) is 0 Å². The topological polar surface area (TPSA) is 81.7 Å². The molecule has 24 heavy (non-hydrogen) atoms. The molecule has 1 aliphatic rings. The summed E-state index contributed by atoms with van der Waals surface area (Å²) >= 11 is 3.36. The Bertz CT molecular complexity index is 568. The fourth-order valence-electron chi connectivity index (χ4n) is 2.93. The largest absolute Gasteiger partial charge is 0.396 e. The number of carbonyl (C=O) groups excluding carboxylic acids is 2. The van der Waals surface area contributed by atoms with Gasteiger partial charge in [0.15, 0.2) is 0 Å². The Hall–Kier alpha value is -1.44. The molecule has 0 saturated carbocycles. The highest BCUT2D eigenvalue weighted by Gasteiger charge is 2.25. The molecule has 2 rings (SSSR count). The third-order valence-electron chi connectivity index (χ3n) is 4.14. The number of aliphatic hydroxyl groups excluding tert-OH is 1. The van der Waals surface area contributed by atoms with Crippen molar-refractivity contribution in [2.75, 3.05) is 31.6 Å². The molecule has 132 valence electrons. The van der Waals surface area contributed by atoms with Gasteiger partial charge < -0.3 is 15.7 Å². The van der Waals surface area contributed by atoms with E-state index in [4.69, 9.17) is 5.11 Å². The van der Waals surface area contributed by atoms with Crippen LogP contribution in [0.2, 0.25) is 0 Å². The van der Waals surface area contributed by atoms with Crippen LogP contribution in [0.1, 0.15) is 25.7 Å². The number of rotatable bonds is 8. The molecular weight excluding hydrogens is 374 g/mol. The maximum absolute atomic E-state index is 12.1. The molecule has 0 aromatic heterocycles. The molecule has 6 nitrogen and oxygen atoms in total. The first-order valence-electron chi connectivity index (χ1n) is 8.26. The highest BCUT2D eigenvalue weighted by atomic mass is 79.9. The van der Waals surface area contributed by atoms with E-state index in [0.29, 0.717) is 18.3 Å². The zero-order valence-electron chi connectivity index (χ0n) is 13.6. The van der Waals surface area contributed by atoms with Crippen LogP contribution in [-0.2, 0) is 9.59 Å². The minimum Gasteiger partial charge on any atom is -0.396 e. The van der Waals surface area contributed by atoms with Gasteiger partial charge in [-0.15, -0.1) is 0 Å². The summed E-state index contributed by atoms with van der Waals surface area (Å²) in [6.45, 7) is 1.34. The number of halogens is 1. The van der Waals surface area contributed by atoms with Crippen LogP contribution in [0.3, 0.4) is 0 Å². The van der Waals surface area contributed by atoms with Gasteiger partial charge in [0.25, 0.3) is 0 Å².